The molecule has 1 aromatic rings. The average molecular weight is 261 g/mol. The van der Waals surface area contributed by atoms with Crippen molar-refractivity contribution in [1.82, 2.24) is 14.7 Å². The number of rotatable bonds is 3. The van der Waals surface area contributed by atoms with E-state index >= 15 is 0 Å². The first-order valence-electron chi connectivity index (χ1n) is 7.00. The lowest BCUT2D eigenvalue weighted by Crippen LogP contribution is -2.46. The van der Waals surface area contributed by atoms with E-state index in [-0.39, 0.29) is 18.0 Å². The molecule has 1 aliphatic heterocycles. The van der Waals surface area contributed by atoms with Crippen LogP contribution >= 0.6 is 0 Å². The van der Waals surface area contributed by atoms with Gasteiger partial charge in [-0.25, -0.2) is 0 Å². The molecule has 1 aromatic heterocycles. The van der Waals surface area contributed by atoms with Crippen LogP contribution in [0.15, 0.2) is 18.7 Å². The zero-order valence-electron chi connectivity index (χ0n) is 12.3. The number of nitrogens with zero attached hydrogens (tertiary/aromatic N) is 3. The van der Waals surface area contributed by atoms with E-state index in [1.54, 1.807) is 0 Å². The van der Waals surface area contributed by atoms with E-state index in [1.807, 2.05) is 4.90 Å². The van der Waals surface area contributed by atoms with Gasteiger partial charge in [-0.3, -0.25) is 9.48 Å². The molecule has 3 unspecified atom stereocenters. The topological polar surface area (TPSA) is 38.1 Å². The van der Waals surface area contributed by atoms with Gasteiger partial charge in [0, 0.05) is 0 Å². The third-order valence-electron chi connectivity index (χ3n) is 4.31. The van der Waals surface area contributed by atoms with E-state index in [0.717, 1.165) is 17.8 Å². The fourth-order valence-corrected chi connectivity index (χ4v) is 2.55. The molecular weight excluding hydrogens is 238 g/mol. The van der Waals surface area contributed by atoms with Crippen molar-refractivity contribution in [2.75, 3.05) is 0 Å². The van der Waals surface area contributed by atoms with E-state index in [9.17, 15) is 4.79 Å². The van der Waals surface area contributed by atoms with E-state index in [0.29, 0.717) is 12.5 Å². The Labute approximate surface area is 115 Å². The molecule has 4 heteroatoms. The van der Waals surface area contributed by atoms with Crippen LogP contribution in [0.4, 0.5) is 0 Å². The summed E-state index contributed by atoms with van der Waals surface area (Å²) < 4.78 is 2.08. The van der Waals surface area contributed by atoms with Crippen LogP contribution in [-0.2, 0) is 11.3 Å². The number of fused-ring (bicyclic) bond motifs is 1. The van der Waals surface area contributed by atoms with Crippen molar-refractivity contribution in [2.45, 2.75) is 58.7 Å². The molecule has 0 spiro atoms. The Hall–Kier alpha value is -1.58. The molecule has 0 aliphatic carbocycles. The second-order valence-corrected chi connectivity index (χ2v) is 5.47. The highest BCUT2D eigenvalue weighted by atomic mass is 16.2. The van der Waals surface area contributed by atoms with Crippen molar-refractivity contribution in [2.24, 2.45) is 0 Å². The zero-order chi connectivity index (χ0) is 14.2. The smallest absolute Gasteiger partial charge is 0.246 e. The number of amides is 1. The van der Waals surface area contributed by atoms with Gasteiger partial charge in [-0.15, -0.1) is 0 Å². The second-order valence-electron chi connectivity index (χ2n) is 5.47. The first-order valence-corrected chi connectivity index (χ1v) is 7.00. The summed E-state index contributed by atoms with van der Waals surface area (Å²) >= 11 is 0. The van der Waals surface area contributed by atoms with Crippen LogP contribution in [0.5, 0.6) is 0 Å². The first kappa shape index (κ1) is 13.8. The van der Waals surface area contributed by atoms with Crippen LogP contribution < -0.4 is 0 Å². The molecule has 104 valence electrons. The molecule has 0 saturated heterocycles. The summed E-state index contributed by atoms with van der Waals surface area (Å²) in [5, 5.41) is 4.73. The minimum absolute atomic E-state index is 0.00288. The van der Waals surface area contributed by atoms with Gasteiger partial charge in [-0.1, -0.05) is 20.4 Å². The molecule has 0 bridgehead atoms. The number of carbonyl (C=O) groups excluding carboxylic acids is 1. The zero-order valence-corrected chi connectivity index (χ0v) is 12.3. The largest absolute Gasteiger partial charge is 0.328 e. The van der Waals surface area contributed by atoms with Crippen LogP contribution in [0.3, 0.4) is 0 Å². The molecule has 3 atom stereocenters. The summed E-state index contributed by atoms with van der Waals surface area (Å²) in [4.78, 5) is 13.8. The average Bonchev–Trinajstić information content (AvgIpc) is 2.85. The lowest BCUT2D eigenvalue weighted by molar-refractivity contribution is -0.130. The highest BCUT2D eigenvalue weighted by Gasteiger charge is 2.32. The quantitative estimate of drug-likeness (QED) is 0.785. The standard InChI is InChI=1S/C15H23N3O/c1-6-10(3)14-8-13-9-17(15(19)7-2)11(4)12(5)18(13)16-14/h7-8,10-12H,2,6,9H2,1,3-5H3. The number of hydrogen-bond acceptors (Lipinski definition) is 2. The van der Waals surface area contributed by atoms with Gasteiger partial charge in [0.05, 0.1) is 30.0 Å². The van der Waals surface area contributed by atoms with Crippen molar-refractivity contribution in [3.8, 4) is 0 Å². The minimum Gasteiger partial charge on any atom is -0.328 e. The third-order valence-corrected chi connectivity index (χ3v) is 4.31. The van der Waals surface area contributed by atoms with E-state index in [1.165, 1.54) is 6.08 Å². The van der Waals surface area contributed by atoms with Crippen LogP contribution in [0.25, 0.3) is 0 Å². The Morgan fingerprint density at radius 3 is 2.84 bits per heavy atom. The summed E-state index contributed by atoms with van der Waals surface area (Å²) in [6.07, 6.45) is 2.47. The normalized spacial score (nSPS) is 23.9. The summed E-state index contributed by atoms with van der Waals surface area (Å²) in [6, 6.07) is 2.48. The summed E-state index contributed by atoms with van der Waals surface area (Å²) in [5.74, 6) is 0.459. The first-order chi connectivity index (χ1) is 8.99. The third kappa shape index (κ3) is 2.31. The molecule has 1 amide bonds. The molecule has 2 rings (SSSR count). The van der Waals surface area contributed by atoms with E-state index in [4.69, 9.17) is 5.10 Å². The maximum absolute atomic E-state index is 11.9. The molecule has 4 nitrogen and oxygen atoms in total. The van der Waals surface area contributed by atoms with Crippen molar-refractivity contribution in [3.63, 3.8) is 0 Å². The predicted molar refractivity (Wildman–Crippen MR) is 75.9 cm³/mol. The minimum atomic E-state index is -0.00288. The van der Waals surface area contributed by atoms with Gasteiger partial charge in [0.2, 0.25) is 5.91 Å². The number of carbonyl (C=O) groups is 1. The van der Waals surface area contributed by atoms with Crippen molar-refractivity contribution in [3.05, 3.63) is 30.1 Å². The van der Waals surface area contributed by atoms with Gasteiger partial charge < -0.3 is 4.90 Å². The second kappa shape index (κ2) is 5.19. The lowest BCUT2D eigenvalue weighted by atomic mass is 10.0. The lowest BCUT2D eigenvalue weighted by Gasteiger charge is -2.37. The van der Waals surface area contributed by atoms with E-state index in [2.05, 4.69) is 45.0 Å². The van der Waals surface area contributed by atoms with Gasteiger partial charge in [0.1, 0.15) is 0 Å². The molecule has 0 N–H and O–H groups in total. The van der Waals surface area contributed by atoms with Crippen LogP contribution in [0.2, 0.25) is 0 Å². The highest BCUT2D eigenvalue weighted by Crippen LogP contribution is 2.29. The SMILES string of the molecule is C=CC(=O)N1Cc2cc(C(C)CC)nn2C(C)C1C. The van der Waals surface area contributed by atoms with Crippen LogP contribution in [0.1, 0.15) is 57.5 Å². The van der Waals surface area contributed by atoms with Gasteiger partial charge in [-0.05, 0) is 38.3 Å². The van der Waals surface area contributed by atoms with Gasteiger partial charge in [0.15, 0.2) is 0 Å². The number of aromatic nitrogens is 2. The highest BCUT2D eigenvalue weighted by molar-refractivity contribution is 5.87. The summed E-state index contributed by atoms with van der Waals surface area (Å²) in [7, 11) is 0. The Balaban J connectivity index is 2.35. The monoisotopic (exact) mass is 261 g/mol. The fraction of sp³-hybridized carbons (Fsp3) is 0.600. The number of hydrogen-bond donors (Lipinski definition) is 0. The molecule has 19 heavy (non-hydrogen) atoms. The molecule has 0 fully saturated rings. The Morgan fingerprint density at radius 2 is 2.26 bits per heavy atom. The molecule has 2 heterocycles. The Kier molecular flexibility index (Phi) is 3.78. The Bertz CT molecular complexity index is 492. The van der Waals surface area contributed by atoms with Gasteiger partial charge in [-0.2, -0.15) is 5.10 Å². The van der Waals surface area contributed by atoms with Gasteiger partial charge >= 0.3 is 0 Å². The summed E-state index contributed by atoms with van der Waals surface area (Å²) in [6.45, 7) is 12.8. The molecule has 1 aliphatic rings. The fourth-order valence-electron chi connectivity index (χ4n) is 2.55. The Morgan fingerprint density at radius 1 is 1.58 bits per heavy atom. The van der Waals surface area contributed by atoms with Crippen molar-refractivity contribution in [1.29, 1.82) is 0 Å². The molecule has 0 radical (unpaired) electrons. The summed E-state index contributed by atoms with van der Waals surface area (Å²) in [5.41, 5.74) is 2.25. The van der Waals surface area contributed by atoms with Crippen molar-refractivity contribution >= 4 is 5.91 Å². The predicted octanol–water partition coefficient (Wildman–Crippen LogP) is 2.87. The maximum Gasteiger partial charge on any atom is 0.246 e. The van der Waals surface area contributed by atoms with Gasteiger partial charge in [0.25, 0.3) is 0 Å². The maximum atomic E-state index is 11.9. The van der Waals surface area contributed by atoms with Crippen LogP contribution in [-0.4, -0.2) is 26.6 Å². The van der Waals surface area contributed by atoms with Crippen LogP contribution in [0, 0.1) is 0 Å². The molecule has 0 saturated carbocycles. The van der Waals surface area contributed by atoms with Crippen molar-refractivity contribution < 1.29 is 4.79 Å². The van der Waals surface area contributed by atoms with E-state index < -0.39 is 0 Å². The molecular formula is C15H23N3O. The molecule has 0 aromatic carbocycles.